The van der Waals surface area contributed by atoms with Crippen LogP contribution in [0.5, 0.6) is 0 Å². The van der Waals surface area contributed by atoms with E-state index in [4.69, 9.17) is 42.3 Å². The minimum Gasteiger partial charge on any atom is -0.459 e. The van der Waals surface area contributed by atoms with Crippen LogP contribution in [0.25, 0.3) is 0 Å². The van der Waals surface area contributed by atoms with Gasteiger partial charge in [-0.1, -0.05) is 98.3 Å². The Labute approximate surface area is 372 Å². The molecule has 62 heavy (non-hydrogen) atoms. The average Bonchev–Trinajstić information content (AvgIpc) is 3.11. The standard InChI is InChI=1S/C45H81NO15Si/c1-15-16-17-18-19-20-21-22-23-24-25-26-27-36(55-30(2)47)38(56-31(3)48)35(46-43(52)61-44(7,8)9)28-53-42-41(59-34(6)51)40(58-33(5)50)39(57-32(4)49)37(60-42)29-54-62(13,14)45(10,11)12/h35-42H,15-29H2,1-14H3,(H,46,52)/t35-,36+,37+,38-,39-,40-,41+,42-/m0/s1. The van der Waals surface area contributed by atoms with Crippen molar-refractivity contribution in [3.05, 3.63) is 0 Å². The molecule has 1 fully saturated rings. The Hall–Kier alpha value is -3.28. The monoisotopic (exact) mass is 904 g/mol. The SMILES string of the molecule is CCCCCCCCCCCCCC[C@@H](OC(C)=O)[C@@H](OC(C)=O)[C@H](CO[C@H]1O[C@H](CO[Si](C)(C)C(C)(C)C)[C@H](OC(C)=O)[C@H](OC(C)=O)[C@H]1OC(C)=O)NC(=O)OC(C)(C)C. The lowest BCUT2D eigenvalue weighted by Gasteiger charge is -2.46. The van der Waals surface area contributed by atoms with Crippen LogP contribution in [0.3, 0.4) is 0 Å². The lowest BCUT2D eigenvalue weighted by Crippen LogP contribution is -2.64. The largest absolute Gasteiger partial charge is 0.459 e. The molecule has 0 spiro atoms. The van der Waals surface area contributed by atoms with Crippen LogP contribution in [0, 0.1) is 0 Å². The summed E-state index contributed by atoms with van der Waals surface area (Å²) in [4.78, 5) is 76.3. The van der Waals surface area contributed by atoms with Gasteiger partial charge in [0.25, 0.3) is 0 Å². The molecule has 0 unspecified atom stereocenters. The van der Waals surface area contributed by atoms with E-state index in [0.29, 0.717) is 12.8 Å². The lowest BCUT2D eigenvalue weighted by atomic mass is 9.97. The number of ether oxygens (including phenoxy) is 8. The number of esters is 5. The predicted molar refractivity (Wildman–Crippen MR) is 234 cm³/mol. The summed E-state index contributed by atoms with van der Waals surface area (Å²) < 4.78 is 53.4. The molecule has 1 amide bonds. The molecule has 0 aliphatic carbocycles. The van der Waals surface area contributed by atoms with Gasteiger partial charge in [0.05, 0.1) is 19.3 Å². The Morgan fingerprint density at radius 3 is 1.55 bits per heavy atom. The summed E-state index contributed by atoms with van der Waals surface area (Å²) in [7, 11) is -2.44. The number of nitrogens with one attached hydrogen (secondary N) is 1. The summed E-state index contributed by atoms with van der Waals surface area (Å²) in [5.41, 5.74) is -0.927. The molecular formula is C45H81NO15Si. The highest BCUT2D eigenvalue weighted by atomic mass is 28.4. The fraction of sp³-hybridized carbons (Fsp3) is 0.867. The van der Waals surface area contributed by atoms with Gasteiger partial charge in [0, 0.05) is 34.6 Å². The Morgan fingerprint density at radius 2 is 1.10 bits per heavy atom. The third kappa shape index (κ3) is 22.9. The van der Waals surface area contributed by atoms with Crippen LogP contribution in [-0.2, 0) is 66.3 Å². The van der Waals surface area contributed by atoms with Gasteiger partial charge in [0.15, 0.2) is 39.0 Å². The second-order valence-corrected chi connectivity index (χ2v) is 23.6. The zero-order chi connectivity index (χ0) is 47.3. The molecule has 0 bridgehead atoms. The fourth-order valence-corrected chi connectivity index (χ4v) is 7.82. The van der Waals surface area contributed by atoms with Gasteiger partial charge in [-0.2, -0.15) is 0 Å². The van der Waals surface area contributed by atoms with Gasteiger partial charge in [0.2, 0.25) is 0 Å². The van der Waals surface area contributed by atoms with Crippen LogP contribution in [0.15, 0.2) is 0 Å². The summed E-state index contributed by atoms with van der Waals surface area (Å²) in [5.74, 6) is -3.62. The molecule has 1 heterocycles. The van der Waals surface area contributed by atoms with Crippen LogP contribution < -0.4 is 5.32 Å². The molecule has 0 aromatic carbocycles. The highest BCUT2D eigenvalue weighted by molar-refractivity contribution is 6.74. The van der Waals surface area contributed by atoms with E-state index in [1.165, 1.54) is 65.7 Å². The number of rotatable bonds is 27. The Kier molecular flexibility index (Phi) is 25.4. The van der Waals surface area contributed by atoms with Crippen LogP contribution in [-0.4, -0.2) is 112 Å². The molecule has 17 heteroatoms. The van der Waals surface area contributed by atoms with E-state index in [1.807, 2.05) is 33.9 Å². The van der Waals surface area contributed by atoms with E-state index >= 15 is 0 Å². The second kappa shape index (κ2) is 27.8. The van der Waals surface area contributed by atoms with Crippen LogP contribution in [0.2, 0.25) is 18.1 Å². The molecule has 1 aliphatic rings. The fourth-order valence-electron chi connectivity index (χ4n) is 6.81. The summed E-state index contributed by atoms with van der Waals surface area (Å²) >= 11 is 0. The zero-order valence-corrected chi connectivity index (χ0v) is 41.3. The molecule has 8 atom stereocenters. The summed E-state index contributed by atoms with van der Waals surface area (Å²) in [6.07, 6.45) is 3.67. The van der Waals surface area contributed by atoms with Gasteiger partial charge >= 0.3 is 35.9 Å². The topological polar surface area (TPSA) is 198 Å². The number of carbonyl (C=O) groups excluding carboxylic acids is 6. The van der Waals surface area contributed by atoms with Crippen molar-refractivity contribution >= 4 is 44.3 Å². The van der Waals surface area contributed by atoms with Gasteiger partial charge < -0.3 is 47.6 Å². The van der Waals surface area contributed by atoms with E-state index in [1.54, 1.807) is 20.8 Å². The minimum atomic E-state index is -2.44. The maximum atomic E-state index is 13.4. The first-order chi connectivity index (χ1) is 28.8. The molecule has 1 saturated heterocycles. The number of hydrogen-bond donors (Lipinski definition) is 1. The lowest BCUT2D eigenvalue weighted by molar-refractivity contribution is -0.308. The molecule has 1 N–H and O–H groups in total. The van der Waals surface area contributed by atoms with Crippen LogP contribution in [0.1, 0.15) is 167 Å². The first-order valence-electron chi connectivity index (χ1n) is 22.5. The van der Waals surface area contributed by atoms with E-state index in [-0.39, 0.29) is 11.6 Å². The normalized spacial score (nSPS) is 20.8. The third-order valence-electron chi connectivity index (χ3n) is 10.8. The third-order valence-corrected chi connectivity index (χ3v) is 15.3. The molecule has 0 saturated carbocycles. The van der Waals surface area contributed by atoms with E-state index in [2.05, 4.69) is 12.2 Å². The molecule has 1 aliphatic heterocycles. The molecule has 0 aromatic rings. The first-order valence-corrected chi connectivity index (χ1v) is 25.4. The molecule has 16 nitrogen and oxygen atoms in total. The van der Waals surface area contributed by atoms with Gasteiger partial charge in [-0.25, -0.2) is 4.79 Å². The molecular weight excluding hydrogens is 823 g/mol. The quantitative estimate of drug-likeness (QED) is 0.0357. The van der Waals surface area contributed by atoms with Crippen molar-refractivity contribution in [1.29, 1.82) is 0 Å². The number of amides is 1. The first kappa shape index (κ1) is 56.7. The van der Waals surface area contributed by atoms with Gasteiger partial charge in [-0.05, 0) is 51.7 Å². The van der Waals surface area contributed by atoms with Crippen molar-refractivity contribution in [2.45, 2.75) is 239 Å². The number of alkyl carbamates (subject to hydrolysis) is 1. The van der Waals surface area contributed by atoms with E-state index in [0.717, 1.165) is 39.5 Å². The molecule has 0 aromatic heterocycles. The zero-order valence-electron chi connectivity index (χ0n) is 40.3. The molecule has 0 radical (unpaired) electrons. The Bertz CT molecular complexity index is 1390. The Morgan fingerprint density at radius 1 is 0.629 bits per heavy atom. The van der Waals surface area contributed by atoms with Crippen molar-refractivity contribution in [2.75, 3.05) is 13.2 Å². The summed E-state index contributed by atoms with van der Waals surface area (Å²) in [6, 6.07) is -1.24. The minimum absolute atomic E-state index is 0.123. The number of hydrogen-bond acceptors (Lipinski definition) is 15. The van der Waals surface area contributed by atoms with Crippen molar-refractivity contribution < 1.29 is 71.1 Å². The van der Waals surface area contributed by atoms with Crippen molar-refractivity contribution in [3.8, 4) is 0 Å². The maximum Gasteiger partial charge on any atom is 0.408 e. The van der Waals surface area contributed by atoms with Crippen molar-refractivity contribution in [2.24, 2.45) is 0 Å². The van der Waals surface area contributed by atoms with Gasteiger partial charge in [0.1, 0.15) is 17.8 Å². The average molecular weight is 904 g/mol. The van der Waals surface area contributed by atoms with Crippen molar-refractivity contribution in [1.82, 2.24) is 5.32 Å². The van der Waals surface area contributed by atoms with E-state index in [9.17, 15) is 28.8 Å². The van der Waals surface area contributed by atoms with Crippen LogP contribution in [0.4, 0.5) is 4.79 Å². The van der Waals surface area contributed by atoms with E-state index < -0.39 is 105 Å². The highest BCUT2D eigenvalue weighted by Crippen LogP contribution is 2.38. The summed E-state index contributed by atoms with van der Waals surface area (Å²) in [6.45, 7) is 22.7. The van der Waals surface area contributed by atoms with Gasteiger partial charge in [-0.3, -0.25) is 24.0 Å². The number of unbranched alkanes of at least 4 members (excludes halogenated alkanes) is 11. The predicted octanol–water partition coefficient (Wildman–Crippen LogP) is 8.39. The Balaban J connectivity index is 3.57. The highest BCUT2D eigenvalue weighted by Gasteiger charge is 2.53. The smallest absolute Gasteiger partial charge is 0.408 e. The number of carbonyl (C=O) groups is 6. The summed E-state index contributed by atoms with van der Waals surface area (Å²) in [5, 5.41) is 2.51. The second-order valence-electron chi connectivity index (χ2n) is 18.8. The maximum absolute atomic E-state index is 13.4. The van der Waals surface area contributed by atoms with Crippen molar-refractivity contribution in [3.63, 3.8) is 0 Å². The van der Waals surface area contributed by atoms with Gasteiger partial charge in [-0.15, -0.1) is 0 Å². The van der Waals surface area contributed by atoms with Crippen LogP contribution >= 0.6 is 0 Å². The molecule has 1 rings (SSSR count). The molecule has 360 valence electrons.